The first-order chi connectivity index (χ1) is 15.6. The second-order valence-electron chi connectivity index (χ2n) is 7.14. The quantitative estimate of drug-likeness (QED) is 0.194. The van der Waals surface area contributed by atoms with E-state index in [9.17, 15) is 36.6 Å². The van der Waals surface area contributed by atoms with E-state index in [1.54, 1.807) is 0 Å². The highest BCUT2D eigenvalue weighted by Gasteiger charge is 2.10. The van der Waals surface area contributed by atoms with E-state index in [0.717, 1.165) is 50.4 Å². The Labute approximate surface area is 201 Å². The number of aromatic carboxylic acids is 2. The van der Waals surface area contributed by atoms with Crippen molar-refractivity contribution in [2.45, 2.75) is 27.7 Å². The molecule has 34 heavy (non-hydrogen) atoms. The highest BCUT2D eigenvalue weighted by Crippen LogP contribution is 2.01. The van der Waals surface area contributed by atoms with E-state index < -0.39 is 32.2 Å². The maximum Gasteiger partial charge on any atom is 0.270 e. The van der Waals surface area contributed by atoms with Crippen LogP contribution in [0.25, 0.3) is 0 Å². The van der Waals surface area contributed by atoms with Gasteiger partial charge in [-0.15, -0.1) is 0 Å². The van der Waals surface area contributed by atoms with Crippen LogP contribution < -0.4 is 20.0 Å². The molecule has 0 unspecified atom stereocenters. The van der Waals surface area contributed by atoms with Crippen molar-refractivity contribution < 1.29 is 55.5 Å². The second kappa shape index (κ2) is 17.4. The minimum Gasteiger partial charge on any atom is -0.545 e. The molecule has 0 bridgehead atoms. The molecule has 0 atom stereocenters. The van der Waals surface area contributed by atoms with Crippen LogP contribution in [0, 0.1) is 0 Å². The van der Waals surface area contributed by atoms with Gasteiger partial charge in [0.05, 0.1) is 51.2 Å². The smallest absolute Gasteiger partial charge is 0.270 e. The SMILES string of the molecule is CC[NH+](CC)CCS(=O)(=O)O.CC[NH+](CC)CCS(=O)(=O)O.O=C([O-])c1ccc(C(=O)[O-])cc1. The summed E-state index contributed by atoms with van der Waals surface area (Å²) in [6, 6.07) is 4.61. The first-order valence-corrected chi connectivity index (χ1v) is 13.9. The van der Waals surface area contributed by atoms with E-state index in [-0.39, 0.29) is 22.6 Å². The average Bonchev–Trinajstić information content (AvgIpc) is 2.74. The minimum absolute atomic E-state index is 0.0556. The fourth-order valence-corrected chi connectivity index (χ4v) is 3.59. The lowest BCUT2D eigenvalue weighted by atomic mass is 10.1. The lowest BCUT2D eigenvalue weighted by Gasteiger charge is -2.13. The zero-order valence-electron chi connectivity index (χ0n) is 19.9. The largest absolute Gasteiger partial charge is 0.545 e. The second-order valence-corrected chi connectivity index (χ2v) is 10.3. The van der Waals surface area contributed by atoms with Crippen LogP contribution in [-0.2, 0) is 20.2 Å². The van der Waals surface area contributed by atoms with Gasteiger partial charge in [-0.2, -0.15) is 16.8 Å². The van der Waals surface area contributed by atoms with E-state index in [4.69, 9.17) is 9.11 Å². The van der Waals surface area contributed by atoms with E-state index in [1.807, 2.05) is 27.7 Å². The van der Waals surface area contributed by atoms with Gasteiger partial charge in [-0.05, 0) is 38.8 Å². The third-order valence-electron chi connectivity index (χ3n) is 4.78. The Morgan fingerprint density at radius 3 is 1.06 bits per heavy atom. The molecule has 0 fully saturated rings. The summed E-state index contributed by atoms with van der Waals surface area (Å²) in [5.41, 5.74) is -0.111. The van der Waals surface area contributed by atoms with E-state index >= 15 is 0 Å². The molecule has 0 aliphatic rings. The van der Waals surface area contributed by atoms with E-state index in [2.05, 4.69) is 0 Å². The first kappa shape index (κ1) is 34.1. The number of quaternary nitrogens is 2. The summed E-state index contributed by atoms with van der Waals surface area (Å²) in [6.07, 6.45) is 0. The van der Waals surface area contributed by atoms with Gasteiger partial charge < -0.3 is 29.6 Å². The van der Waals surface area contributed by atoms with Crippen molar-refractivity contribution in [1.29, 1.82) is 0 Å². The number of carboxylic acids is 2. The molecule has 0 aromatic heterocycles. The fraction of sp³-hybridized carbons (Fsp3) is 0.600. The zero-order chi connectivity index (χ0) is 26.9. The number of hydrogen-bond acceptors (Lipinski definition) is 8. The number of carbonyl (C=O) groups excluding carboxylic acids is 2. The van der Waals surface area contributed by atoms with Crippen LogP contribution in [0.4, 0.5) is 0 Å². The summed E-state index contributed by atoms with van der Waals surface area (Å²) >= 11 is 0. The molecule has 0 saturated carbocycles. The fourth-order valence-electron chi connectivity index (χ4n) is 2.50. The molecule has 0 saturated heterocycles. The molecule has 0 aliphatic heterocycles. The van der Waals surface area contributed by atoms with Crippen LogP contribution in [0.15, 0.2) is 24.3 Å². The van der Waals surface area contributed by atoms with Crippen LogP contribution in [0.1, 0.15) is 48.4 Å². The third-order valence-corrected chi connectivity index (χ3v) is 6.22. The Balaban J connectivity index is 0. The van der Waals surface area contributed by atoms with Gasteiger partial charge in [0.2, 0.25) is 0 Å². The molecule has 198 valence electrons. The number of rotatable bonds is 12. The minimum atomic E-state index is -3.76. The summed E-state index contributed by atoms with van der Waals surface area (Å²) in [6.45, 7) is 12.5. The Morgan fingerprint density at radius 2 is 0.912 bits per heavy atom. The maximum absolute atomic E-state index is 10.3. The molecule has 1 rings (SSSR count). The van der Waals surface area contributed by atoms with Gasteiger partial charge in [0.15, 0.2) is 0 Å². The molecule has 4 N–H and O–H groups in total. The predicted molar refractivity (Wildman–Crippen MR) is 122 cm³/mol. The van der Waals surface area contributed by atoms with Crippen molar-refractivity contribution in [3.8, 4) is 0 Å². The van der Waals surface area contributed by atoms with E-state index in [0.29, 0.717) is 13.1 Å². The Bertz CT molecular complexity index is 848. The number of carboxylic acid groups (broad SMARTS) is 2. The summed E-state index contributed by atoms with van der Waals surface area (Å²) in [7, 11) is -7.52. The van der Waals surface area contributed by atoms with Gasteiger partial charge in [-0.25, -0.2) is 0 Å². The van der Waals surface area contributed by atoms with Crippen LogP contribution in [0.5, 0.6) is 0 Å². The molecule has 0 spiro atoms. The number of benzene rings is 1. The summed E-state index contributed by atoms with van der Waals surface area (Å²) in [4.78, 5) is 22.8. The monoisotopic (exact) mass is 528 g/mol. The molecular formula is C20H36N2O10S2. The van der Waals surface area contributed by atoms with Crippen molar-refractivity contribution in [2.24, 2.45) is 0 Å². The average molecular weight is 529 g/mol. The van der Waals surface area contributed by atoms with Crippen molar-refractivity contribution in [3.05, 3.63) is 35.4 Å². The standard InChI is InChI=1S/C8H6O4.2C6H15NO3S/c9-7(10)5-1-2-6(4-3-5)8(11)12;2*1-3-7(4-2)5-6-11(8,9)10/h1-4H,(H,9,10)(H,11,12);2*3-6H2,1-2H3,(H,8,9,10). The molecule has 14 heteroatoms. The van der Waals surface area contributed by atoms with Gasteiger partial charge >= 0.3 is 0 Å². The summed E-state index contributed by atoms with van der Waals surface area (Å²) in [5.74, 6) is -2.94. The van der Waals surface area contributed by atoms with Crippen molar-refractivity contribution in [3.63, 3.8) is 0 Å². The number of hydrogen-bond donors (Lipinski definition) is 4. The van der Waals surface area contributed by atoms with E-state index in [1.165, 1.54) is 9.80 Å². The Morgan fingerprint density at radius 1 is 0.676 bits per heavy atom. The Hall–Kier alpha value is -2.10. The normalized spacial score (nSPS) is 11.3. The van der Waals surface area contributed by atoms with Gasteiger partial charge in [0.25, 0.3) is 20.2 Å². The summed E-state index contributed by atoms with van der Waals surface area (Å²) < 4.78 is 58.1. The van der Waals surface area contributed by atoms with Gasteiger partial charge in [0.1, 0.15) is 11.5 Å². The van der Waals surface area contributed by atoms with Crippen LogP contribution in [-0.4, -0.2) is 88.7 Å². The van der Waals surface area contributed by atoms with Gasteiger partial charge in [-0.3, -0.25) is 9.11 Å². The predicted octanol–water partition coefficient (Wildman–Crippen LogP) is -3.99. The van der Waals surface area contributed by atoms with Crippen molar-refractivity contribution in [1.82, 2.24) is 0 Å². The third kappa shape index (κ3) is 19.4. The van der Waals surface area contributed by atoms with Gasteiger partial charge in [0, 0.05) is 0 Å². The highest BCUT2D eigenvalue weighted by atomic mass is 32.2. The van der Waals surface area contributed by atoms with Crippen LogP contribution >= 0.6 is 0 Å². The number of nitrogens with one attached hydrogen (secondary N) is 2. The Kier molecular flexibility index (Phi) is 17.4. The molecule has 1 aromatic rings. The number of carbonyl (C=O) groups is 2. The van der Waals surface area contributed by atoms with Crippen LogP contribution in [0.3, 0.4) is 0 Å². The highest BCUT2D eigenvalue weighted by molar-refractivity contribution is 7.86. The topological polar surface area (TPSA) is 198 Å². The van der Waals surface area contributed by atoms with Crippen LogP contribution in [0.2, 0.25) is 0 Å². The maximum atomic E-state index is 10.3. The van der Waals surface area contributed by atoms with Crippen molar-refractivity contribution >= 4 is 32.2 Å². The molecule has 0 heterocycles. The molecule has 0 aliphatic carbocycles. The summed E-state index contributed by atoms with van der Waals surface area (Å²) in [5, 5.41) is 20.4. The van der Waals surface area contributed by atoms with Gasteiger partial charge in [-0.1, -0.05) is 24.3 Å². The lowest BCUT2D eigenvalue weighted by molar-refractivity contribution is -0.894. The first-order valence-electron chi connectivity index (χ1n) is 10.7. The molecule has 0 radical (unpaired) electrons. The zero-order valence-corrected chi connectivity index (χ0v) is 21.6. The lowest BCUT2D eigenvalue weighted by Crippen LogP contribution is -3.12. The molecule has 1 aromatic carbocycles. The molecular weight excluding hydrogens is 492 g/mol. The molecule has 12 nitrogen and oxygen atoms in total. The van der Waals surface area contributed by atoms with Crippen molar-refractivity contribution in [2.75, 3.05) is 50.8 Å². The molecule has 0 amide bonds.